The van der Waals surface area contributed by atoms with Crippen LogP contribution in [0.2, 0.25) is 0 Å². The SMILES string of the molecule is CCOc1cc(C(=O)OCc2csc(N(CC)C(C)=O)n2)ccc1OCC(=O)N1CCCCC1. The zero-order valence-electron chi connectivity index (χ0n) is 19.9. The number of esters is 1. The number of benzene rings is 1. The van der Waals surface area contributed by atoms with Crippen LogP contribution in [0.3, 0.4) is 0 Å². The monoisotopic (exact) mass is 489 g/mol. The Bertz CT molecular complexity index is 1000. The molecule has 34 heavy (non-hydrogen) atoms. The van der Waals surface area contributed by atoms with Gasteiger partial charge in [0.05, 0.1) is 17.9 Å². The van der Waals surface area contributed by atoms with Crippen molar-refractivity contribution in [3.63, 3.8) is 0 Å². The van der Waals surface area contributed by atoms with Crippen molar-refractivity contribution in [2.75, 3.05) is 37.7 Å². The molecule has 2 amide bonds. The van der Waals surface area contributed by atoms with Crippen molar-refractivity contribution in [1.82, 2.24) is 9.88 Å². The van der Waals surface area contributed by atoms with Crippen LogP contribution < -0.4 is 14.4 Å². The highest BCUT2D eigenvalue weighted by atomic mass is 32.1. The molecule has 184 valence electrons. The summed E-state index contributed by atoms with van der Waals surface area (Å²) in [4.78, 5) is 44.4. The van der Waals surface area contributed by atoms with Gasteiger partial charge in [-0.25, -0.2) is 9.78 Å². The van der Waals surface area contributed by atoms with Crippen molar-refractivity contribution >= 4 is 34.3 Å². The van der Waals surface area contributed by atoms with E-state index in [-0.39, 0.29) is 25.0 Å². The number of piperidine rings is 1. The molecule has 1 aromatic carbocycles. The van der Waals surface area contributed by atoms with E-state index in [2.05, 4.69) is 4.98 Å². The van der Waals surface area contributed by atoms with E-state index in [0.29, 0.717) is 41.0 Å². The maximum atomic E-state index is 12.6. The quantitative estimate of drug-likeness (QED) is 0.470. The molecule has 2 aromatic rings. The third-order valence-electron chi connectivity index (χ3n) is 5.36. The molecule has 1 saturated heterocycles. The Labute approximate surface area is 203 Å². The predicted molar refractivity (Wildman–Crippen MR) is 128 cm³/mol. The Balaban J connectivity index is 1.60. The van der Waals surface area contributed by atoms with Crippen LogP contribution >= 0.6 is 11.3 Å². The summed E-state index contributed by atoms with van der Waals surface area (Å²) >= 11 is 1.32. The highest BCUT2D eigenvalue weighted by Crippen LogP contribution is 2.29. The van der Waals surface area contributed by atoms with Gasteiger partial charge in [-0.05, 0) is 51.3 Å². The number of aromatic nitrogens is 1. The molecule has 1 aliphatic heterocycles. The Kier molecular flexibility index (Phi) is 9.26. The number of likely N-dealkylation sites (tertiary alicyclic amines) is 1. The highest BCUT2D eigenvalue weighted by Gasteiger charge is 2.19. The average Bonchev–Trinajstić information content (AvgIpc) is 3.31. The molecule has 3 rings (SSSR count). The second-order valence-corrected chi connectivity index (χ2v) is 8.62. The van der Waals surface area contributed by atoms with Gasteiger partial charge in [0.15, 0.2) is 23.2 Å². The van der Waals surface area contributed by atoms with E-state index in [1.54, 1.807) is 28.5 Å². The summed E-state index contributed by atoms with van der Waals surface area (Å²) in [5.41, 5.74) is 0.863. The average molecular weight is 490 g/mol. The fourth-order valence-electron chi connectivity index (χ4n) is 3.60. The first kappa shape index (κ1) is 25.5. The lowest BCUT2D eigenvalue weighted by molar-refractivity contribution is -0.134. The van der Waals surface area contributed by atoms with Crippen LogP contribution in [0.25, 0.3) is 0 Å². The number of ether oxygens (including phenoxy) is 3. The molecule has 0 bridgehead atoms. The van der Waals surface area contributed by atoms with Crippen molar-refractivity contribution < 1.29 is 28.6 Å². The zero-order chi connectivity index (χ0) is 24.5. The molecule has 10 heteroatoms. The van der Waals surface area contributed by atoms with E-state index >= 15 is 0 Å². The summed E-state index contributed by atoms with van der Waals surface area (Å²) in [5.74, 6) is 0.0880. The van der Waals surface area contributed by atoms with Gasteiger partial charge in [0.2, 0.25) is 5.91 Å². The molecular formula is C24H31N3O6S. The molecule has 0 atom stereocenters. The van der Waals surface area contributed by atoms with Crippen LogP contribution in [0.1, 0.15) is 56.1 Å². The molecule has 0 spiro atoms. The first-order chi connectivity index (χ1) is 16.4. The van der Waals surface area contributed by atoms with Crippen LogP contribution in [0.4, 0.5) is 5.13 Å². The highest BCUT2D eigenvalue weighted by molar-refractivity contribution is 7.14. The summed E-state index contributed by atoms with van der Waals surface area (Å²) in [5, 5.41) is 2.33. The third kappa shape index (κ3) is 6.69. The lowest BCUT2D eigenvalue weighted by Crippen LogP contribution is -2.38. The molecule has 0 N–H and O–H groups in total. The smallest absolute Gasteiger partial charge is 0.338 e. The standard InChI is InChI=1S/C24H31N3O6S/c1-4-27(17(3)28)24-25-19(16-34-24)14-33-23(30)18-9-10-20(21(13-18)31-5-2)32-15-22(29)26-11-7-6-8-12-26/h9-10,13,16H,4-8,11-12,14-15H2,1-3H3. The first-order valence-corrected chi connectivity index (χ1v) is 12.4. The molecule has 0 aliphatic carbocycles. The van der Waals surface area contributed by atoms with Crippen molar-refractivity contribution in [3.8, 4) is 11.5 Å². The molecule has 1 aliphatic rings. The summed E-state index contributed by atoms with van der Waals surface area (Å²) in [7, 11) is 0. The van der Waals surface area contributed by atoms with Crippen LogP contribution in [0.15, 0.2) is 23.6 Å². The normalized spacial score (nSPS) is 13.3. The fourth-order valence-corrected chi connectivity index (χ4v) is 4.52. The summed E-state index contributed by atoms with van der Waals surface area (Å²) < 4.78 is 16.7. The van der Waals surface area contributed by atoms with Gasteiger partial charge < -0.3 is 19.1 Å². The lowest BCUT2D eigenvalue weighted by Gasteiger charge is -2.26. The Hall–Kier alpha value is -3.14. The third-order valence-corrected chi connectivity index (χ3v) is 6.27. The van der Waals surface area contributed by atoms with Crippen LogP contribution in [-0.2, 0) is 20.9 Å². The molecular weight excluding hydrogens is 458 g/mol. The van der Waals surface area contributed by atoms with E-state index < -0.39 is 5.97 Å². The minimum Gasteiger partial charge on any atom is -0.490 e. The molecule has 1 fully saturated rings. The van der Waals surface area contributed by atoms with E-state index in [4.69, 9.17) is 14.2 Å². The predicted octanol–water partition coefficient (Wildman–Crippen LogP) is 3.66. The Morgan fingerprint density at radius 2 is 1.85 bits per heavy atom. The van der Waals surface area contributed by atoms with Gasteiger partial charge in [0, 0.05) is 31.9 Å². The van der Waals surface area contributed by atoms with E-state index in [9.17, 15) is 14.4 Å². The molecule has 9 nitrogen and oxygen atoms in total. The van der Waals surface area contributed by atoms with Crippen molar-refractivity contribution in [2.45, 2.75) is 46.6 Å². The number of amides is 2. The number of carbonyl (C=O) groups is 3. The number of thiazole rings is 1. The van der Waals surface area contributed by atoms with Crippen molar-refractivity contribution in [1.29, 1.82) is 0 Å². The van der Waals surface area contributed by atoms with Gasteiger partial charge >= 0.3 is 5.97 Å². The molecule has 0 radical (unpaired) electrons. The van der Waals surface area contributed by atoms with E-state index in [0.717, 1.165) is 32.4 Å². The number of rotatable bonds is 10. The molecule has 1 aromatic heterocycles. The second-order valence-electron chi connectivity index (χ2n) is 7.79. The summed E-state index contributed by atoms with van der Waals surface area (Å²) in [6, 6.07) is 4.73. The minimum absolute atomic E-state index is 0.0165. The largest absolute Gasteiger partial charge is 0.490 e. The minimum atomic E-state index is -0.537. The Morgan fingerprint density at radius 3 is 2.53 bits per heavy atom. The molecule has 0 unspecified atom stereocenters. The van der Waals surface area contributed by atoms with Crippen LogP contribution in [0.5, 0.6) is 11.5 Å². The van der Waals surface area contributed by atoms with Crippen LogP contribution in [-0.4, -0.2) is 60.5 Å². The van der Waals surface area contributed by atoms with Gasteiger partial charge in [0.1, 0.15) is 6.61 Å². The van der Waals surface area contributed by atoms with Gasteiger partial charge in [-0.3, -0.25) is 14.5 Å². The van der Waals surface area contributed by atoms with Gasteiger partial charge in [-0.1, -0.05) is 0 Å². The van der Waals surface area contributed by atoms with E-state index in [1.807, 2.05) is 18.7 Å². The Morgan fingerprint density at radius 1 is 1.09 bits per heavy atom. The number of anilines is 1. The lowest BCUT2D eigenvalue weighted by atomic mass is 10.1. The number of carbonyl (C=O) groups excluding carboxylic acids is 3. The van der Waals surface area contributed by atoms with Crippen molar-refractivity contribution in [3.05, 3.63) is 34.8 Å². The van der Waals surface area contributed by atoms with Crippen LogP contribution in [0, 0.1) is 0 Å². The molecule has 2 heterocycles. The second kappa shape index (κ2) is 12.4. The maximum absolute atomic E-state index is 12.6. The number of hydrogen-bond donors (Lipinski definition) is 0. The van der Waals surface area contributed by atoms with Gasteiger partial charge in [-0.15, -0.1) is 11.3 Å². The van der Waals surface area contributed by atoms with Gasteiger partial charge in [0.25, 0.3) is 5.91 Å². The van der Waals surface area contributed by atoms with Gasteiger partial charge in [-0.2, -0.15) is 0 Å². The number of nitrogens with zero attached hydrogens (tertiary/aromatic N) is 3. The van der Waals surface area contributed by atoms with Crippen molar-refractivity contribution in [2.24, 2.45) is 0 Å². The fraction of sp³-hybridized carbons (Fsp3) is 0.500. The first-order valence-electron chi connectivity index (χ1n) is 11.5. The maximum Gasteiger partial charge on any atom is 0.338 e. The van der Waals surface area contributed by atoms with E-state index in [1.165, 1.54) is 18.3 Å². The topological polar surface area (TPSA) is 98.3 Å². The zero-order valence-corrected chi connectivity index (χ0v) is 20.7. The number of hydrogen-bond acceptors (Lipinski definition) is 8. The summed E-state index contributed by atoms with van der Waals surface area (Å²) in [6.07, 6.45) is 3.18. The molecule has 0 saturated carbocycles. The summed E-state index contributed by atoms with van der Waals surface area (Å²) in [6.45, 7) is 7.50.